The van der Waals surface area contributed by atoms with Crippen molar-refractivity contribution in [1.82, 2.24) is 4.98 Å². The van der Waals surface area contributed by atoms with Crippen LogP contribution in [0.1, 0.15) is 20.3 Å². The van der Waals surface area contributed by atoms with Crippen molar-refractivity contribution in [3.8, 4) is 0 Å². The van der Waals surface area contributed by atoms with Crippen molar-refractivity contribution in [2.45, 2.75) is 20.3 Å². The van der Waals surface area contributed by atoms with Crippen LogP contribution >= 0.6 is 0 Å². The van der Waals surface area contributed by atoms with E-state index in [1.807, 2.05) is 12.1 Å². The Morgan fingerprint density at radius 1 is 1.47 bits per heavy atom. The Morgan fingerprint density at radius 3 is 2.60 bits per heavy atom. The third kappa shape index (κ3) is 3.58. The van der Waals surface area contributed by atoms with Gasteiger partial charge in [-0.05, 0) is 32.4 Å². The SMILES string of the molecule is CC(C)(CCNc1ccncc1)C(=O)O. The first-order valence-corrected chi connectivity index (χ1v) is 4.90. The highest BCUT2D eigenvalue weighted by molar-refractivity contribution is 5.73. The number of nitrogens with one attached hydrogen (secondary N) is 1. The van der Waals surface area contributed by atoms with Gasteiger partial charge in [-0.1, -0.05) is 0 Å². The predicted octanol–water partition coefficient (Wildman–Crippen LogP) is 1.99. The van der Waals surface area contributed by atoms with Crippen molar-refractivity contribution < 1.29 is 9.90 Å². The minimum Gasteiger partial charge on any atom is -0.481 e. The fraction of sp³-hybridized carbons (Fsp3) is 0.455. The second-order valence-corrected chi connectivity index (χ2v) is 4.10. The molecule has 0 saturated carbocycles. The highest BCUT2D eigenvalue weighted by Gasteiger charge is 2.26. The molecule has 0 bridgehead atoms. The second kappa shape index (κ2) is 4.77. The number of aliphatic carboxylic acids is 1. The molecule has 0 fully saturated rings. The van der Waals surface area contributed by atoms with E-state index in [-0.39, 0.29) is 0 Å². The van der Waals surface area contributed by atoms with Crippen LogP contribution in [-0.2, 0) is 4.79 Å². The normalized spacial score (nSPS) is 11.1. The van der Waals surface area contributed by atoms with Crippen LogP contribution in [0.5, 0.6) is 0 Å². The summed E-state index contributed by atoms with van der Waals surface area (Å²) in [6.07, 6.45) is 3.99. The van der Waals surface area contributed by atoms with Crippen LogP contribution in [0.25, 0.3) is 0 Å². The summed E-state index contributed by atoms with van der Waals surface area (Å²) in [5.74, 6) is -0.765. The zero-order valence-corrected chi connectivity index (χ0v) is 9.03. The van der Waals surface area contributed by atoms with Crippen LogP contribution in [0.2, 0.25) is 0 Å². The first-order chi connectivity index (χ1) is 7.02. The third-order valence-corrected chi connectivity index (χ3v) is 2.34. The van der Waals surface area contributed by atoms with Crippen LogP contribution in [0.3, 0.4) is 0 Å². The Bertz CT molecular complexity index is 323. The molecule has 0 aromatic carbocycles. The summed E-state index contributed by atoms with van der Waals surface area (Å²) >= 11 is 0. The van der Waals surface area contributed by atoms with E-state index in [1.54, 1.807) is 26.2 Å². The molecule has 0 atom stereocenters. The molecule has 2 N–H and O–H groups in total. The molecule has 0 aliphatic carbocycles. The van der Waals surface area contributed by atoms with Crippen molar-refractivity contribution in [1.29, 1.82) is 0 Å². The summed E-state index contributed by atoms with van der Waals surface area (Å²) in [5, 5.41) is 12.1. The molecule has 1 heterocycles. The predicted molar refractivity (Wildman–Crippen MR) is 58.8 cm³/mol. The molecule has 0 saturated heterocycles. The number of nitrogens with zero attached hydrogens (tertiary/aromatic N) is 1. The van der Waals surface area contributed by atoms with Gasteiger partial charge in [0.1, 0.15) is 0 Å². The van der Waals surface area contributed by atoms with Crippen LogP contribution in [0.15, 0.2) is 24.5 Å². The van der Waals surface area contributed by atoms with Crippen molar-refractivity contribution in [2.24, 2.45) is 5.41 Å². The van der Waals surface area contributed by atoms with Gasteiger partial charge >= 0.3 is 5.97 Å². The number of hydrogen-bond acceptors (Lipinski definition) is 3. The zero-order chi connectivity index (χ0) is 11.3. The fourth-order valence-electron chi connectivity index (χ4n) is 1.10. The number of rotatable bonds is 5. The first-order valence-electron chi connectivity index (χ1n) is 4.90. The maximum atomic E-state index is 10.8. The minimum atomic E-state index is -0.765. The number of aromatic nitrogens is 1. The number of pyridine rings is 1. The molecule has 0 aliphatic heterocycles. The van der Waals surface area contributed by atoms with Crippen molar-refractivity contribution >= 4 is 11.7 Å². The standard InChI is InChI=1S/C11H16N2O2/c1-11(2,10(14)15)5-8-13-9-3-6-12-7-4-9/h3-4,6-7H,5,8H2,1-2H3,(H,12,13)(H,14,15). The minimum absolute atomic E-state index is 0.588. The Morgan fingerprint density at radius 2 is 2.07 bits per heavy atom. The summed E-state index contributed by atoms with van der Waals surface area (Å²) < 4.78 is 0. The van der Waals surface area contributed by atoms with Gasteiger partial charge in [0.15, 0.2) is 0 Å². The van der Waals surface area contributed by atoms with Gasteiger partial charge in [-0.25, -0.2) is 0 Å². The molecule has 0 spiro atoms. The van der Waals surface area contributed by atoms with E-state index in [1.165, 1.54) is 0 Å². The fourth-order valence-corrected chi connectivity index (χ4v) is 1.10. The Kier molecular flexibility index (Phi) is 3.66. The molecule has 1 aromatic rings. The number of carbonyl (C=O) groups is 1. The van der Waals surface area contributed by atoms with Crippen molar-refractivity contribution in [3.63, 3.8) is 0 Å². The van der Waals surface area contributed by atoms with Gasteiger partial charge in [0, 0.05) is 24.6 Å². The van der Waals surface area contributed by atoms with E-state index >= 15 is 0 Å². The van der Waals surface area contributed by atoms with E-state index in [4.69, 9.17) is 5.11 Å². The maximum absolute atomic E-state index is 10.8. The Labute approximate surface area is 89.3 Å². The second-order valence-electron chi connectivity index (χ2n) is 4.10. The number of carboxylic acids is 1. The van der Waals surface area contributed by atoms with Crippen molar-refractivity contribution in [2.75, 3.05) is 11.9 Å². The lowest BCUT2D eigenvalue weighted by molar-refractivity contribution is -0.147. The van der Waals surface area contributed by atoms with Crippen molar-refractivity contribution in [3.05, 3.63) is 24.5 Å². The molecule has 4 heteroatoms. The zero-order valence-electron chi connectivity index (χ0n) is 9.03. The van der Waals surface area contributed by atoms with E-state index in [0.717, 1.165) is 5.69 Å². The first kappa shape index (κ1) is 11.5. The summed E-state index contributed by atoms with van der Waals surface area (Å²) in [6.45, 7) is 4.09. The molecule has 0 amide bonds. The summed E-state index contributed by atoms with van der Waals surface area (Å²) in [6, 6.07) is 3.71. The lowest BCUT2D eigenvalue weighted by atomic mass is 9.90. The van der Waals surface area contributed by atoms with Gasteiger partial charge in [0.2, 0.25) is 0 Å². The lowest BCUT2D eigenvalue weighted by Crippen LogP contribution is -2.26. The van der Waals surface area contributed by atoms with Crippen LogP contribution in [-0.4, -0.2) is 22.6 Å². The smallest absolute Gasteiger partial charge is 0.309 e. The van der Waals surface area contributed by atoms with E-state index < -0.39 is 11.4 Å². The molecule has 0 aliphatic rings. The summed E-state index contributed by atoms with van der Waals surface area (Å²) in [4.78, 5) is 14.7. The van der Waals surface area contributed by atoms with Gasteiger partial charge in [-0.2, -0.15) is 0 Å². The van der Waals surface area contributed by atoms with Gasteiger partial charge in [-0.15, -0.1) is 0 Å². The number of hydrogen-bond donors (Lipinski definition) is 2. The highest BCUT2D eigenvalue weighted by atomic mass is 16.4. The largest absolute Gasteiger partial charge is 0.481 e. The topological polar surface area (TPSA) is 62.2 Å². The number of carboxylic acid groups (broad SMARTS) is 1. The van der Waals surface area contributed by atoms with Crippen LogP contribution in [0.4, 0.5) is 5.69 Å². The average Bonchev–Trinajstić information content (AvgIpc) is 2.19. The quantitative estimate of drug-likeness (QED) is 0.776. The third-order valence-electron chi connectivity index (χ3n) is 2.34. The van der Waals surface area contributed by atoms with Gasteiger partial charge in [-0.3, -0.25) is 9.78 Å². The maximum Gasteiger partial charge on any atom is 0.309 e. The molecule has 1 aromatic heterocycles. The number of anilines is 1. The molecule has 4 nitrogen and oxygen atoms in total. The van der Waals surface area contributed by atoms with Crippen LogP contribution < -0.4 is 5.32 Å². The van der Waals surface area contributed by atoms with Crippen LogP contribution in [0, 0.1) is 5.41 Å². The molecule has 1 rings (SSSR count). The summed E-state index contributed by atoms with van der Waals surface area (Å²) in [7, 11) is 0. The molecule has 15 heavy (non-hydrogen) atoms. The van der Waals surface area contributed by atoms with E-state index in [2.05, 4.69) is 10.3 Å². The molecule has 0 radical (unpaired) electrons. The lowest BCUT2D eigenvalue weighted by Gasteiger charge is -2.19. The Hall–Kier alpha value is -1.58. The molecular weight excluding hydrogens is 192 g/mol. The highest BCUT2D eigenvalue weighted by Crippen LogP contribution is 2.20. The Balaban J connectivity index is 2.37. The molecule has 82 valence electrons. The van der Waals surface area contributed by atoms with Gasteiger partial charge < -0.3 is 10.4 Å². The molecular formula is C11H16N2O2. The van der Waals surface area contributed by atoms with E-state index in [9.17, 15) is 4.79 Å². The van der Waals surface area contributed by atoms with Gasteiger partial charge in [0.25, 0.3) is 0 Å². The van der Waals surface area contributed by atoms with Gasteiger partial charge in [0.05, 0.1) is 5.41 Å². The summed E-state index contributed by atoms with van der Waals surface area (Å²) in [5.41, 5.74) is 0.284. The average molecular weight is 208 g/mol. The monoisotopic (exact) mass is 208 g/mol. The van der Waals surface area contributed by atoms with E-state index in [0.29, 0.717) is 13.0 Å². The molecule has 0 unspecified atom stereocenters.